The average Bonchev–Trinajstić information content (AvgIpc) is 2.75. The molecule has 0 aliphatic carbocycles. The maximum absolute atomic E-state index is 5.03. The summed E-state index contributed by atoms with van der Waals surface area (Å²) in [5.74, 6) is 1.42. The Bertz CT molecular complexity index is 530. The lowest BCUT2D eigenvalue weighted by molar-refractivity contribution is 0.397. The standard InChI is InChI=1S/C13H18N4OS/c1-13(2,3)16-12-15-10(17-19-12)7-9-5-6-11(18-4)14-8-9/h5-6,8H,7H2,1-4H3,(H,15,16,17). The Morgan fingerprint density at radius 2 is 2.11 bits per heavy atom. The predicted molar refractivity (Wildman–Crippen MR) is 76.9 cm³/mol. The molecule has 0 radical (unpaired) electrons. The van der Waals surface area contributed by atoms with Gasteiger partial charge in [-0.2, -0.15) is 4.37 Å². The Balaban J connectivity index is 2.02. The van der Waals surface area contributed by atoms with Gasteiger partial charge in [0.1, 0.15) is 5.82 Å². The lowest BCUT2D eigenvalue weighted by Crippen LogP contribution is -2.25. The SMILES string of the molecule is COc1ccc(Cc2nsc(NC(C)(C)C)n2)cn1. The lowest BCUT2D eigenvalue weighted by Gasteiger charge is -2.18. The van der Waals surface area contributed by atoms with Gasteiger partial charge in [0, 0.05) is 35.8 Å². The molecule has 0 unspecified atom stereocenters. The fourth-order valence-electron chi connectivity index (χ4n) is 1.52. The number of aromatic nitrogens is 3. The molecule has 2 aromatic rings. The number of nitrogens with zero attached hydrogens (tertiary/aromatic N) is 3. The Kier molecular flexibility index (Phi) is 3.99. The van der Waals surface area contributed by atoms with Crippen molar-refractivity contribution >= 4 is 16.7 Å². The molecule has 0 amide bonds. The van der Waals surface area contributed by atoms with Gasteiger partial charge in [-0.3, -0.25) is 0 Å². The molecule has 0 saturated heterocycles. The van der Waals surface area contributed by atoms with Gasteiger partial charge in [-0.15, -0.1) is 0 Å². The summed E-state index contributed by atoms with van der Waals surface area (Å²) in [6, 6.07) is 3.82. The summed E-state index contributed by atoms with van der Waals surface area (Å²) in [4.78, 5) is 8.64. The van der Waals surface area contributed by atoms with E-state index in [0.29, 0.717) is 12.3 Å². The molecular weight excluding hydrogens is 260 g/mol. The summed E-state index contributed by atoms with van der Waals surface area (Å²) < 4.78 is 9.38. The van der Waals surface area contributed by atoms with Crippen LogP contribution in [-0.4, -0.2) is 27.0 Å². The first kappa shape index (κ1) is 13.7. The summed E-state index contributed by atoms with van der Waals surface area (Å²) >= 11 is 1.39. The van der Waals surface area contributed by atoms with E-state index in [0.717, 1.165) is 16.5 Å². The molecule has 0 fully saturated rings. The highest BCUT2D eigenvalue weighted by atomic mass is 32.1. The Labute approximate surface area is 117 Å². The van der Waals surface area contributed by atoms with E-state index in [1.165, 1.54) is 11.5 Å². The van der Waals surface area contributed by atoms with Gasteiger partial charge in [0.15, 0.2) is 0 Å². The van der Waals surface area contributed by atoms with E-state index in [2.05, 4.69) is 40.4 Å². The Hall–Kier alpha value is -1.69. The summed E-state index contributed by atoms with van der Waals surface area (Å²) in [5.41, 5.74) is 1.07. The molecule has 5 nitrogen and oxygen atoms in total. The van der Waals surface area contributed by atoms with E-state index in [1.54, 1.807) is 13.3 Å². The van der Waals surface area contributed by atoms with Crippen LogP contribution in [0.2, 0.25) is 0 Å². The third-order valence-corrected chi connectivity index (χ3v) is 2.99. The number of pyridine rings is 1. The molecule has 0 saturated carbocycles. The van der Waals surface area contributed by atoms with Crippen molar-refractivity contribution in [3.8, 4) is 5.88 Å². The Morgan fingerprint density at radius 1 is 1.32 bits per heavy atom. The van der Waals surface area contributed by atoms with Crippen LogP contribution in [0.3, 0.4) is 0 Å². The van der Waals surface area contributed by atoms with Gasteiger partial charge in [0.05, 0.1) is 7.11 Å². The zero-order valence-electron chi connectivity index (χ0n) is 11.6. The van der Waals surface area contributed by atoms with Crippen LogP contribution in [0.1, 0.15) is 32.2 Å². The minimum absolute atomic E-state index is 0.00152. The minimum atomic E-state index is -0.00152. The molecular formula is C13H18N4OS. The summed E-state index contributed by atoms with van der Waals surface area (Å²) in [6.07, 6.45) is 2.47. The zero-order valence-corrected chi connectivity index (χ0v) is 12.4. The third-order valence-electron chi connectivity index (χ3n) is 2.32. The first-order valence-electron chi connectivity index (χ1n) is 6.06. The van der Waals surface area contributed by atoms with E-state index in [9.17, 15) is 0 Å². The van der Waals surface area contributed by atoms with Crippen molar-refractivity contribution in [3.63, 3.8) is 0 Å². The number of methoxy groups -OCH3 is 1. The highest BCUT2D eigenvalue weighted by Gasteiger charge is 2.13. The predicted octanol–water partition coefficient (Wildman–Crippen LogP) is 2.74. The van der Waals surface area contributed by atoms with Crippen LogP contribution in [0.4, 0.5) is 5.13 Å². The molecule has 0 aromatic carbocycles. The second-order valence-corrected chi connectivity index (χ2v) is 6.03. The largest absolute Gasteiger partial charge is 0.481 e. The van der Waals surface area contributed by atoms with Gasteiger partial charge in [0.2, 0.25) is 11.0 Å². The summed E-state index contributed by atoms with van der Waals surface area (Å²) in [5, 5.41) is 4.17. The highest BCUT2D eigenvalue weighted by molar-refractivity contribution is 7.09. The van der Waals surface area contributed by atoms with Gasteiger partial charge >= 0.3 is 0 Å². The van der Waals surface area contributed by atoms with E-state index in [4.69, 9.17) is 4.74 Å². The number of ether oxygens (including phenoxy) is 1. The summed E-state index contributed by atoms with van der Waals surface area (Å²) in [6.45, 7) is 6.30. The molecule has 102 valence electrons. The number of anilines is 1. The van der Waals surface area contributed by atoms with Crippen molar-refractivity contribution in [2.45, 2.75) is 32.7 Å². The maximum atomic E-state index is 5.03. The van der Waals surface area contributed by atoms with Crippen LogP contribution in [-0.2, 0) is 6.42 Å². The van der Waals surface area contributed by atoms with E-state index in [1.807, 2.05) is 12.1 Å². The van der Waals surface area contributed by atoms with Crippen LogP contribution in [0.5, 0.6) is 5.88 Å². The van der Waals surface area contributed by atoms with E-state index in [-0.39, 0.29) is 5.54 Å². The number of hydrogen-bond acceptors (Lipinski definition) is 6. The second kappa shape index (κ2) is 5.52. The Morgan fingerprint density at radius 3 is 2.68 bits per heavy atom. The molecule has 0 aliphatic heterocycles. The van der Waals surface area contributed by atoms with Gasteiger partial charge < -0.3 is 10.1 Å². The van der Waals surface area contributed by atoms with Crippen molar-refractivity contribution in [2.75, 3.05) is 12.4 Å². The number of nitrogens with one attached hydrogen (secondary N) is 1. The van der Waals surface area contributed by atoms with Crippen LogP contribution < -0.4 is 10.1 Å². The van der Waals surface area contributed by atoms with Gasteiger partial charge in [0.25, 0.3) is 0 Å². The molecule has 2 heterocycles. The van der Waals surface area contributed by atoms with Crippen molar-refractivity contribution in [2.24, 2.45) is 0 Å². The molecule has 1 N–H and O–H groups in total. The van der Waals surface area contributed by atoms with Crippen molar-refractivity contribution in [3.05, 3.63) is 29.7 Å². The van der Waals surface area contributed by atoms with Gasteiger partial charge in [-0.25, -0.2) is 9.97 Å². The normalized spacial score (nSPS) is 11.4. The van der Waals surface area contributed by atoms with Crippen LogP contribution >= 0.6 is 11.5 Å². The van der Waals surface area contributed by atoms with Crippen LogP contribution in [0.25, 0.3) is 0 Å². The molecule has 0 aliphatic rings. The zero-order chi connectivity index (χ0) is 13.9. The van der Waals surface area contributed by atoms with Gasteiger partial charge in [-0.05, 0) is 26.3 Å². The van der Waals surface area contributed by atoms with Crippen molar-refractivity contribution in [1.82, 2.24) is 14.3 Å². The monoisotopic (exact) mass is 278 g/mol. The van der Waals surface area contributed by atoms with Crippen LogP contribution in [0.15, 0.2) is 18.3 Å². The molecule has 6 heteroatoms. The quantitative estimate of drug-likeness (QED) is 0.932. The maximum Gasteiger partial charge on any atom is 0.212 e. The first-order valence-corrected chi connectivity index (χ1v) is 6.83. The van der Waals surface area contributed by atoms with Crippen molar-refractivity contribution in [1.29, 1.82) is 0 Å². The summed E-state index contributed by atoms with van der Waals surface area (Å²) in [7, 11) is 1.61. The molecule has 2 aromatic heterocycles. The fraction of sp³-hybridized carbons (Fsp3) is 0.462. The van der Waals surface area contributed by atoms with Crippen LogP contribution in [0, 0.1) is 0 Å². The molecule has 0 atom stereocenters. The lowest BCUT2D eigenvalue weighted by atomic mass is 10.1. The number of rotatable bonds is 4. The number of hydrogen-bond donors (Lipinski definition) is 1. The third kappa shape index (κ3) is 4.17. The second-order valence-electron chi connectivity index (χ2n) is 5.28. The van der Waals surface area contributed by atoms with E-state index < -0.39 is 0 Å². The molecule has 0 spiro atoms. The molecule has 0 bridgehead atoms. The van der Waals surface area contributed by atoms with E-state index >= 15 is 0 Å². The van der Waals surface area contributed by atoms with Gasteiger partial charge in [-0.1, -0.05) is 6.07 Å². The smallest absolute Gasteiger partial charge is 0.212 e. The highest BCUT2D eigenvalue weighted by Crippen LogP contribution is 2.18. The minimum Gasteiger partial charge on any atom is -0.481 e. The average molecular weight is 278 g/mol. The van der Waals surface area contributed by atoms with Crippen molar-refractivity contribution < 1.29 is 4.74 Å². The fourth-order valence-corrected chi connectivity index (χ4v) is 2.31. The molecule has 2 rings (SSSR count). The first-order chi connectivity index (χ1) is 8.96. The topological polar surface area (TPSA) is 59.9 Å². The molecule has 19 heavy (non-hydrogen) atoms.